The molecule has 3 aromatic carbocycles. The zero-order valence-corrected chi connectivity index (χ0v) is 16.7. The molecule has 0 atom stereocenters. The maximum Gasteiger partial charge on any atom is 0.261 e. The van der Waals surface area contributed by atoms with Crippen LogP contribution < -0.4 is 10.0 Å². The van der Waals surface area contributed by atoms with E-state index in [1.165, 1.54) is 5.56 Å². The molecule has 2 N–H and O–H groups in total. The van der Waals surface area contributed by atoms with Crippen molar-refractivity contribution in [2.45, 2.75) is 18.0 Å². The fourth-order valence-corrected chi connectivity index (χ4v) is 4.22. The van der Waals surface area contributed by atoms with Gasteiger partial charge in [0.25, 0.3) is 10.0 Å². The molecular formula is C20H18Cl2N2O2S. The molecule has 1 aliphatic heterocycles. The third kappa shape index (κ3) is 4.28. The van der Waals surface area contributed by atoms with Gasteiger partial charge in [0.05, 0.1) is 4.90 Å². The summed E-state index contributed by atoms with van der Waals surface area (Å²) in [5.74, 6) is 0. The number of hydrogen-bond donors (Lipinski definition) is 2. The average Bonchev–Trinajstić information content (AvgIpc) is 3.10. The van der Waals surface area contributed by atoms with E-state index in [9.17, 15) is 8.42 Å². The highest BCUT2D eigenvalue weighted by Gasteiger charge is 2.16. The van der Waals surface area contributed by atoms with E-state index in [4.69, 9.17) is 11.6 Å². The molecule has 0 saturated heterocycles. The van der Waals surface area contributed by atoms with Gasteiger partial charge in [-0.25, -0.2) is 8.42 Å². The Morgan fingerprint density at radius 1 is 0.815 bits per heavy atom. The highest BCUT2D eigenvalue weighted by atomic mass is 35.5. The lowest BCUT2D eigenvalue weighted by molar-refractivity contribution is 0.601. The molecule has 0 amide bonds. The molecule has 0 radical (unpaired) electrons. The van der Waals surface area contributed by atoms with Gasteiger partial charge in [-0.15, -0.1) is 12.4 Å². The average molecular weight is 421 g/mol. The predicted molar refractivity (Wildman–Crippen MR) is 112 cm³/mol. The second kappa shape index (κ2) is 7.90. The van der Waals surface area contributed by atoms with E-state index in [0.717, 1.165) is 29.8 Å². The summed E-state index contributed by atoms with van der Waals surface area (Å²) in [6.45, 7) is 1.59. The van der Waals surface area contributed by atoms with E-state index in [-0.39, 0.29) is 17.3 Å². The van der Waals surface area contributed by atoms with Crippen LogP contribution in [0.25, 0.3) is 11.1 Å². The molecule has 0 bridgehead atoms. The van der Waals surface area contributed by atoms with Crippen LogP contribution in [0.1, 0.15) is 11.1 Å². The van der Waals surface area contributed by atoms with Gasteiger partial charge in [0.2, 0.25) is 0 Å². The normalized spacial score (nSPS) is 12.9. The highest BCUT2D eigenvalue weighted by Crippen LogP contribution is 2.25. The Labute approximate surface area is 170 Å². The first-order valence-electron chi connectivity index (χ1n) is 8.23. The number of sulfonamides is 1. The van der Waals surface area contributed by atoms with E-state index in [1.54, 1.807) is 30.3 Å². The Kier molecular flexibility index (Phi) is 5.77. The molecule has 140 valence electrons. The van der Waals surface area contributed by atoms with Crippen LogP contribution in [0, 0.1) is 0 Å². The summed E-state index contributed by atoms with van der Waals surface area (Å²) in [4.78, 5) is 0.230. The number of anilines is 1. The first-order valence-corrected chi connectivity index (χ1v) is 10.1. The summed E-state index contributed by atoms with van der Waals surface area (Å²) in [6, 6.07) is 19.9. The Morgan fingerprint density at radius 2 is 1.41 bits per heavy atom. The zero-order chi connectivity index (χ0) is 18.1. The molecule has 0 unspecified atom stereocenters. The van der Waals surface area contributed by atoms with E-state index >= 15 is 0 Å². The Morgan fingerprint density at radius 3 is 2.07 bits per heavy atom. The number of nitrogens with one attached hydrogen (secondary N) is 2. The fraction of sp³-hybridized carbons (Fsp3) is 0.100. The third-order valence-corrected chi connectivity index (χ3v) is 6.08. The molecule has 27 heavy (non-hydrogen) atoms. The van der Waals surface area contributed by atoms with Crippen molar-refractivity contribution in [3.63, 3.8) is 0 Å². The van der Waals surface area contributed by atoms with Crippen molar-refractivity contribution >= 4 is 39.7 Å². The minimum Gasteiger partial charge on any atom is -0.309 e. The van der Waals surface area contributed by atoms with Crippen molar-refractivity contribution in [3.8, 4) is 11.1 Å². The van der Waals surface area contributed by atoms with Gasteiger partial charge < -0.3 is 5.32 Å². The van der Waals surface area contributed by atoms with Crippen molar-refractivity contribution < 1.29 is 8.42 Å². The zero-order valence-electron chi connectivity index (χ0n) is 14.3. The quantitative estimate of drug-likeness (QED) is 0.634. The van der Waals surface area contributed by atoms with Gasteiger partial charge >= 0.3 is 0 Å². The van der Waals surface area contributed by atoms with Gasteiger partial charge in [-0.1, -0.05) is 41.9 Å². The van der Waals surface area contributed by atoms with Gasteiger partial charge in [0.15, 0.2) is 0 Å². The van der Waals surface area contributed by atoms with Crippen molar-refractivity contribution in [1.29, 1.82) is 0 Å². The number of rotatable bonds is 4. The summed E-state index contributed by atoms with van der Waals surface area (Å²) >= 11 is 5.90. The summed E-state index contributed by atoms with van der Waals surface area (Å²) in [5.41, 5.74) is 4.83. The van der Waals surface area contributed by atoms with E-state index < -0.39 is 10.0 Å². The van der Waals surface area contributed by atoms with Crippen LogP contribution in [0.5, 0.6) is 0 Å². The van der Waals surface area contributed by atoms with E-state index in [1.807, 2.05) is 36.4 Å². The van der Waals surface area contributed by atoms with Gasteiger partial charge in [0.1, 0.15) is 0 Å². The molecule has 4 nitrogen and oxygen atoms in total. The second-order valence-corrected chi connectivity index (χ2v) is 8.34. The Balaban J connectivity index is 0.00000210. The van der Waals surface area contributed by atoms with Crippen molar-refractivity contribution in [2.75, 3.05) is 4.72 Å². The van der Waals surface area contributed by atoms with Gasteiger partial charge in [0, 0.05) is 23.8 Å². The lowest BCUT2D eigenvalue weighted by atomic mass is 10.1. The fourth-order valence-electron chi connectivity index (χ4n) is 3.04. The van der Waals surface area contributed by atoms with Gasteiger partial charge in [-0.3, -0.25) is 4.72 Å². The summed E-state index contributed by atoms with van der Waals surface area (Å²) in [7, 11) is -3.63. The van der Waals surface area contributed by atoms with Crippen LogP contribution >= 0.6 is 24.0 Å². The number of benzene rings is 3. The van der Waals surface area contributed by atoms with Crippen molar-refractivity contribution in [1.82, 2.24) is 5.32 Å². The number of fused-ring (bicyclic) bond motifs is 1. The minimum atomic E-state index is -3.63. The van der Waals surface area contributed by atoms with E-state index in [2.05, 4.69) is 10.0 Å². The molecule has 0 aromatic heterocycles. The molecule has 0 spiro atoms. The van der Waals surface area contributed by atoms with Crippen molar-refractivity contribution in [3.05, 3.63) is 82.9 Å². The lowest BCUT2D eigenvalue weighted by Crippen LogP contribution is -2.13. The van der Waals surface area contributed by atoms with E-state index in [0.29, 0.717) is 10.7 Å². The lowest BCUT2D eigenvalue weighted by Gasteiger charge is -2.10. The predicted octanol–water partition coefficient (Wildman–Crippen LogP) is 4.83. The Hall–Kier alpha value is -2.05. The molecule has 1 heterocycles. The highest BCUT2D eigenvalue weighted by molar-refractivity contribution is 7.92. The van der Waals surface area contributed by atoms with Crippen molar-refractivity contribution in [2.24, 2.45) is 0 Å². The van der Waals surface area contributed by atoms with Gasteiger partial charge in [-0.05, 0) is 58.7 Å². The maximum absolute atomic E-state index is 12.7. The maximum atomic E-state index is 12.7. The second-order valence-electron chi connectivity index (χ2n) is 6.22. The number of halogens is 2. The van der Waals surface area contributed by atoms with Crippen LogP contribution in [0.3, 0.4) is 0 Å². The molecule has 0 fully saturated rings. The monoisotopic (exact) mass is 420 g/mol. The van der Waals surface area contributed by atoms with Crippen LogP contribution in [0.2, 0.25) is 5.02 Å². The van der Waals surface area contributed by atoms with Crippen LogP contribution in [-0.4, -0.2) is 8.42 Å². The summed E-state index contributed by atoms with van der Waals surface area (Å²) in [6.07, 6.45) is 0. The summed E-state index contributed by atoms with van der Waals surface area (Å²) < 4.78 is 28.0. The standard InChI is InChI=1S/C20H17ClN2O2S.ClH/c21-18-6-1-14(2-7-18)15-4-9-20(10-5-15)26(24,25)23-19-8-3-16-12-22-13-17(16)11-19;/h1-11,22-23H,12-13H2;1H. The van der Waals surface area contributed by atoms with Crippen LogP contribution in [0.15, 0.2) is 71.6 Å². The number of hydrogen-bond acceptors (Lipinski definition) is 3. The van der Waals surface area contributed by atoms with Gasteiger partial charge in [-0.2, -0.15) is 0 Å². The molecule has 7 heteroatoms. The Bertz CT molecular complexity index is 1050. The molecule has 4 rings (SSSR count). The third-order valence-electron chi connectivity index (χ3n) is 4.43. The topological polar surface area (TPSA) is 58.2 Å². The molecule has 3 aromatic rings. The largest absolute Gasteiger partial charge is 0.309 e. The molecule has 0 aliphatic carbocycles. The minimum absolute atomic E-state index is 0. The SMILES string of the molecule is Cl.O=S(=O)(Nc1ccc2c(c1)CNC2)c1ccc(-c2ccc(Cl)cc2)cc1. The first kappa shape index (κ1) is 19.7. The smallest absolute Gasteiger partial charge is 0.261 e. The van der Waals surface area contributed by atoms with Crippen LogP contribution in [-0.2, 0) is 23.1 Å². The summed E-state index contributed by atoms with van der Waals surface area (Å²) in [5, 5.41) is 3.92. The molecule has 1 aliphatic rings. The first-order chi connectivity index (χ1) is 12.5. The van der Waals surface area contributed by atoms with Crippen LogP contribution in [0.4, 0.5) is 5.69 Å². The molecule has 0 saturated carbocycles. The molecular weight excluding hydrogens is 403 g/mol.